The maximum atomic E-state index is 12.7. The van der Waals surface area contributed by atoms with Gasteiger partial charge in [0.05, 0.1) is 5.41 Å². The molecule has 2 fully saturated rings. The molecule has 1 aliphatic heterocycles. The fourth-order valence-corrected chi connectivity index (χ4v) is 3.66. The van der Waals surface area contributed by atoms with Crippen LogP contribution in [0.15, 0.2) is 0 Å². The Hall–Kier alpha value is -0.610. The van der Waals surface area contributed by atoms with Gasteiger partial charge in [-0.2, -0.15) is 0 Å². The van der Waals surface area contributed by atoms with Crippen molar-refractivity contribution in [3.8, 4) is 0 Å². The second-order valence-corrected chi connectivity index (χ2v) is 7.10. The molecule has 1 saturated heterocycles. The van der Waals surface area contributed by atoms with Crippen LogP contribution in [-0.4, -0.2) is 48.8 Å². The lowest BCUT2D eigenvalue weighted by Gasteiger charge is -2.47. The topological polar surface area (TPSA) is 40.6 Å². The minimum atomic E-state index is -0.357. The highest BCUT2D eigenvalue weighted by Gasteiger charge is 2.64. The van der Waals surface area contributed by atoms with Gasteiger partial charge in [0, 0.05) is 12.5 Å². The molecule has 116 valence electrons. The summed E-state index contributed by atoms with van der Waals surface area (Å²) in [4.78, 5) is 28.8. The van der Waals surface area contributed by atoms with Crippen LogP contribution in [0.2, 0.25) is 0 Å². The summed E-state index contributed by atoms with van der Waals surface area (Å²) in [7, 11) is 4.02. The first-order chi connectivity index (χ1) is 8.72. The summed E-state index contributed by atoms with van der Waals surface area (Å²) in [5.74, 6) is 0.133. The maximum Gasteiger partial charge on any atom is 0.235 e. The Labute approximate surface area is 128 Å². The van der Waals surface area contributed by atoms with Crippen LogP contribution in [-0.2, 0) is 9.59 Å². The van der Waals surface area contributed by atoms with Crippen LogP contribution in [0.25, 0.3) is 0 Å². The summed E-state index contributed by atoms with van der Waals surface area (Å²) in [6.07, 6.45) is 2.56. The lowest BCUT2D eigenvalue weighted by Crippen LogP contribution is -2.59. The fraction of sp³-hybridized carbons (Fsp3) is 0.867. The molecule has 1 heterocycles. The summed E-state index contributed by atoms with van der Waals surface area (Å²) in [6.45, 7) is 7.68. The van der Waals surface area contributed by atoms with Gasteiger partial charge in [-0.1, -0.05) is 20.8 Å². The number of fused-ring (bicyclic) bond motifs is 2. The van der Waals surface area contributed by atoms with Crippen LogP contribution < -0.4 is 0 Å². The summed E-state index contributed by atoms with van der Waals surface area (Å²) >= 11 is 0. The van der Waals surface area contributed by atoms with E-state index >= 15 is 0 Å². The van der Waals surface area contributed by atoms with Crippen LogP contribution >= 0.6 is 12.4 Å². The SMILES string of the molecule is CN(C)CCCN1C(=O)C2CCC(C)(C1=O)C2(C)C.Cl. The number of piperidine rings is 1. The normalized spacial score (nSPS) is 31.7. The van der Waals surface area contributed by atoms with Gasteiger partial charge in [0.25, 0.3) is 0 Å². The van der Waals surface area contributed by atoms with E-state index in [0.29, 0.717) is 6.54 Å². The van der Waals surface area contributed by atoms with Crippen molar-refractivity contribution in [3.05, 3.63) is 0 Å². The number of halogens is 1. The molecule has 2 bridgehead atoms. The molecular weight excluding hydrogens is 276 g/mol. The Morgan fingerprint density at radius 3 is 2.40 bits per heavy atom. The van der Waals surface area contributed by atoms with Gasteiger partial charge < -0.3 is 4.90 Å². The van der Waals surface area contributed by atoms with Crippen LogP contribution in [0.4, 0.5) is 0 Å². The van der Waals surface area contributed by atoms with E-state index in [0.717, 1.165) is 25.8 Å². The highest BCUT2D eigenvalue weighted by Crippen LogP contribution is 2.59. The van der Waals surface area contributed by atoms with Gasteiger partial charge in [-0.15, -0.1) is 12.4 Å². The zero-order valence-electron chi connectivity index (χ0n) is 13.2. The fourth-order valence-electron chi connectivity index (χ4n) is 3.66. The summed E-state index contributed by atoms with van der Waals surface area (Å²) in [5, 5.41) is 0. The summed E-state index contributed by atoms with van der Waals surface area (Å²) < 4.78 is 0. The van der Waals surface area contributed by atoms with Crippen LogP contribution in [0.1, 0.15) is 40.0 Å². The van der Waals surface area contributed by atoms with E-state index < -0.39 is 0 Å². The molecule has 5 heteroatoms. The van der Waals surface area contributed by atoms with Crippen molar-refractivity contribution in [1.82, 2.24) is 9.80 Å². The minimum absolute atomic E-state index is 0. The molecule has 2 rings (SSSR count). The van der Waals surface area contributed by atoms with E-state index in [1.165, 1.54) is 4.90 Å². The molecule has 0 radical (unpaired) electrons. The average Bonchev–Trinajstić information content (AvgIpc) is 2.49. The highest BCUT2D eigenvalue weighted by molar-refractivity contribution is 6.03. The molecule has 2 atom stereocenters. The molecule has 4 nitrogen and oxygen atoms in total. The zero-order chi connectivity index (χ0) is 14.4. The van der Waals surface area contributed by atoms with Gasteiger partial charge in [-0.25, -0.2) is 0 Å². The van der Waals surface area contributed by atoms with Crippen LogP contribution in [0.3, 0.4) is 0 Å². The second-order valence-electron chi connectivity index (χ2n) is 7.10. The quantitative estimate of drug-likeness (QED) is 0.747. The number of carbonyl (C=O) groups excluding carboxylic acids is 2. The highest BCUT2D eigenvalue weighted by atomic mass is 35.5. The van der Waals surface area contributed by atoms with Crippen molar-refractivity contribution in [2.24, 2.45) is 16.7 Å². The van der Waals surface area contributed by atoms with E-state index in [4.69, 9.17) is 0 Å². The monoisotopic (exact) mass is 302 g/mol. The Morgan fingerprint density at radius 2 is 1.85 bits per heavy atom. The van der Waals surface area contributed by atoms with Gasteiger partial charge in [0.15, 0.2) is 0 Å². The first-order valence-electron chi connectivity index (χ1n) is 7.22. The van der Waals surface area contributed by atoms with Crippen LogP contribution in [0.5, 0.6) is 0 Å². The van der Waals surface area contributed by atoms with E-state index in [1.54, 1.807) is 0 Å². The molecule has 0 N–H and O–H groups in total. The number of amides is 2. The van der Waals surface area contributed by atoms with E-state index in [-0.39, 0.29) is 41.0 Å². The summed E-state index contributed by atoms with van der Waals surface area (Å²) in [5.41, 5.74) is -0.553. The minimum Gasteiger partial charge on any atom is -0.309 e. The lowest BCUT2D eigenvalue weighted by molar-refractivity contribution is -0.167. The van der Waals surface area contributed by atoms with Crippen molar-refractivity contribution in [2.45, 2.75) is 40.0 Å². The maximum absolute atomic E-state index is 12.7. The molecule has 1 aliphatic carbocycles. The van der Waals surface area contributed by atoms with E-state index in [1.807, 2.05) is 21.0 Å². The third kappa shape index (κ3) is 2.37. The van der Waals surface area contributed by atoms with Gasteiger partial charge >= 0.3 is 0 Å². The predicted molar refractivity (Wildman–Crippen MR) is 81.8 cm³/mol. The second kappa shape index (κ2) is 5.64. The third-order valence-corrected chi connectivity index (χ3v) is 5.49. The first-order valence-corrected chi connectivity index (χ1v) is 7.22. The number of likely N-dealkylation sites (tertiary alicyclic amines) is 1. The molecule has 0 aromatic rings. The smallest absolute Gasteiger partial charge is 0.235 e. The average molecular weight is 303 g/mol. The third-order valence-electron chi connectivity index (χ3n) is 5.49. The molecule has 0 aromatic carbocycles. The Kier molecular flexibility index (Phi) is 4.92. The Bertz CT molecular complexity index is 409. The molecule has 0 aromatic heterocycles. The Balaban J connectivity index is 0.00000200. The number of nitrogens with zero attached hydrogens (tertiary/aromatic N) is 2. The van der Waals surface area contributed by atoms with Gasteiger partial charge in [-0.05, 0) is 45.3 Å². The van der Waals surface area contributed by atoms with Crippen molar-refractivity contribution in [2.75, 3.05) is 27.2 Å². The van der Waals surface area contributed by atoms with Crippen molar-refractivity contribution < 1.29 is 9.59 Å². The van der Waals surface area contributed by atoms with Gasteiger partial charge in [0.1, 0.15) is 0 Å². The number of rotatable bonds is 4. The molecule has 0 spiro atoms. The first kappa shape index (κ1) is 17.4. The lowest BCUT2D eigenvalue weighted by atomic mass is 9.62. The van der Waals surface area contributed by atoms with Crippen molar-refractivity contribution in [1.29, 1.82) is 0 Å². The van der Waals surface area contributed by atoms with Gasteiger partial charge in [0.2, 0.25) is 11.8 Å². The zero-order valence-corrected chi connectivity index (χ0v) is 14.0. The molecule has 2 unspecified atom stereocenters. The number of hydrogen-bond donors (Lipinski definition) is 0. The largest absolute Gasteiger partial charge is 0.309 e. The predicted octanol–water partition coefficient (Wildman–Crippen LogP) is 2.17. The van der Waals surface area contributed by atoms with E-state index in [2.05, 4.69) is 18.7 Å². The number of imide groups is 1. The Morgan fingerprint density at radius 1 is 1.25 bits per heavy atom. The standard InChI is InChI=1S/C15H26N2O2.ClH/c1-14(2)11-7-8-15(14,3)13(19)17(12(11)18)10-6-9-16(4)5;/h11H,6-10H2,1-5H3;1H. The molecular formula is C15H27ClN2O2. The van der Waals surface area contributed by atoms with Crippen LogP contribution in [0, 0.1) is 16.7 Å². The number of carbonyl (C=O) groups is 2. The molecule has 1 saturated carbocycles. The molecule has 2 amide bonds. The summed E-state index contributed by atoms with van der Waals surface area (Å²) in [6, 6.07) is 0. The molecule has 20 heavy (non-hydrogen) atoms. The van der Waals surface area contributed by atoms with E-state index in [9.17, 15) is 9.59 Å². The van der Waals surface area contributed by atoms with Gasteiger partial charge in [-0.3, -0.25) is 14.5 Å². The van der Waals surface area contributed by atoms with Crippen molar-refractivity contribution in [3.63, 3.8) is 0 Å². The van der Waals surface area contributed by atoms with Crippen molar-refractivity contribution >= 4 is 24.2 Å². The molecule has 2 aliphatic rings. The number of hydrogen-bond acceptors (Lipinski definition) is 3.